The Morgan fingerprint density at radius 1 is 0.839 bits per heavy atom. The predicted molar refractivity (Wildman–Crippen MR) is 131 cm³/mol. The van der Waals surface area contributed by atoms with Crippen molar-refractivity contribution in [2.45, 2.75) is 58.8 Å². The van der Waals surface area contributed by atoms with Crippen LogP contribution in [-0.4, -0.2) is 9.97 Å². The SMILES string of the molecule is CC(C)c1ccc2c(c1)CCc1c(-c3cc(C(C)(C)C)c4ccccc4c3)ncnc1-2. The van der Waals surface area contributed by atoms with Gasteiger partial charge in [-0.2, -0.15) is 0 Å². The van der Waals surface area contributed by atoms with Crippen molar-refractivity contribution in [2.24, 2.45) is 0 Å². The van der Waals surface area contributed by atoms with Gasteiger partial charge in [0, 0.05) is 16.7 Å². The highest BCUT2D eigenvalue weighted by Crippen LogP contribution is 2.40. The van der Waals surface area contributed by atoms with Crippen LogP contribution in [0, 0.1) is 0 Å². The van der Waals surface area contributed by atoms with Gasteiger partial charge in [0.15, 0.2) is 0 Å². The van der Waals surface area contributed by atoms with E-state index in [4.69, 9.17) is 9.97 Å². The topological polar surface area (TPSA) is 25.8 Å². The number of hydrogen-bond acceptors (Lipinski definition) is 2. The van der Waals surface area contributed by atoms with Crippen LogP contribution in [0.4, 0.5) is 0 Å². The molecule has 3 aromatic carbocycles. The molecule has 2 heteroatoms. The zero-order valence-electron chi connectivity index (χ0n) is 19.2. The van der Waals surface area contributed by atoms with E-state index in [0.717, 1.165) is 24.2 Å². The largest absolute Gasteiger partial charge is 0.236 e. The fraction of sp³-hybridized carbons (Fsp3) is 0.310. The van der Waals surface area contributed by atoms with Gasteiger partial charge in [0.05, 0.1) is 11.4 Å². The number of fused-ring (bicyclic) bond motifs is 4. The minimum atomic E-state index is 0.0581. The molecule has 1 aliphatic rings. The third-order valence-electron chi connectivity index (χ3n) is 6.58. The lowest BCUT2D eigenvalue weighted by Gasteiger charge is -2.25. The van der Waals surface area contributed by atoms with Crippen LogP contribution in [0.15, 0.2) is 60.9 Å². The monoisotopic (exact) mass is 406 g/mol. The third-order valence-corrected chi connectivity index (χ3v) is 6.58. The molecule has 0 radical (unpaired) electrons. The number of nitrogens with zero attached hydrogens (tertiary/aromatic N) is 2. The Balaban J connectivity index is 1.71. The standard InChI is InChI=1S/C29H30N2/c1-18(2)19-10-12-24-21(14-19)11-13-25-27(30-17-31-28(24)25)22-15-20-8-6-7-9-23(20)26(16-22)29(3,4)5/h6-10,12,14-18H,11,13H2,1-5H3. The van der Waals surface area contributed by atoms with Gasteiger partial charge in [-0.25, -0.2) is 9.97 Å². The zero-order valence-corrected chi connectivity index (χ0v) is 19.2. The summed E-state index contributed by atoms with van der Waals surface area (Å²) < 4.78 is 0. The molecule has 0 aliphatic heterocycles. The Kier molecular flexibility index (Phi) is 4.69. The molecule has 1 aromatic heterocycles. The quantitative estimate of drug-likeness (QED) is 0.345. The van der Waals surface area contributed by atoms with Crippen molar-refractivity contribution < 1.29 is 0 Å². The molecule has 1 heterocycles. The van der Waals surface area contributed by atoms with Gasteiger partial charge < -0.3 is 0 Å². The van der Waals surface area contributed by atoms with E-state index in [2.05, 4.69) is 89.2 Å². The summed E-state index contributed by atoms with van der Waals surface area (Å²) in [6.07, 6.45) is 3.77. The predicted octanol–water partition coefficient (Wildman–Crippen LogP) is 7.48. The van der Waals surface area contributed by atoms with E-state index >= 15 is 0 Å². The maximum atomic E-state index is 4.80. The van der Waals surface area contributed by atoms with Gasteiger partial charge in [0.2, 0.25) is 0 Å². The lowest BCUT2D eigenvalue weighted by atomic mass is 9.81. The molecular formula is C29H30N2. The second kappa shape index (κ2) is 7.30. The Hall–Kier alpha value is -3.00. The molecule has 0 amide bonds. The minimum Gasteiger partial charge on any atom is -0.236 e. The zero-order chi connectivity index (χ0) is 21.8. The lowest BCUT2D eigenvalue weighted by molar-refractivity contribution is 0.596. The first-order valence-electron chi connectivity index (χ1n) is 11.3. The highest BCUT2D eigenvalue weighted by molar-refractivity contribution is 5.91. The van der Waals surface area contributed by atoms with E-state index in [0.29, 0.717) is 5.92 Å². The Bertz CT molecular complexity index is 1290. The smallest absolute Gasteiger partial charge is 0.116 e. The normalized spacial score (nSPS) is 13.4. The van der Waals surface area contributed by atoms with Crippen LogP contribution < -0.4 is 0 Å². The second-order valence-electron chi connectivity index (χ2n) is 10.1. The fourth-order valence-electron chi connectivity index (χ4n) is 4.87. The molecule has 4 aromatic rings. The second-order valence-corrected chi connectivity index (χ2v) is 10.1. The summed E-state index contributed by atoms with van der Waals surface area (Å²) in [7, 11) is 0. The fourth-order valence-corrected chi connectivity index (χ4v) is 4.87. The van der Waals surface area contributed by atoms with Crippen LogP contribution >= 0.6 is 0 Å². The van der Waals surface area contributed by atoms with Crippen molar-refractivity contribution in [1.82, 2.24) is 9.97 Å². The highest BCUT2D eigenvalue weighted by Gasteiger charge is 2.24. The number of rotatable bonds is 2. The summed E-state index contributed by atoms with van der Waals surface area (Å²) in [6, 6.07) is 20.2. The van der Waals surface area contributed by atoms with Crippen molar-refractivity contribution in [3.63, 3.8) is 0 Å². The summed E-state index contributed by atoms with van der Waals surface area (Å²) >= 11 is 0. The number of aryl methyl sites for hydroxylation is 1. The van der Waals surface area contributed by atoms with Crippen molar-refractivity contribution in [2.75, 3.05) is 0 Å². The first-order valence-corrected chi connectivity index (χ1v) is 11.3. The summed E-state index contributed by atoms with van der Waals surface area (Å²) in [4.78, 5) is 9.54. The lowest BCUT2D eigenvalue weighted by Crippen LogP contribution is -2.13. The molecule has 0 saturated carbocycles. The maximum Gasteiger partial charge on any atom is 0.116 e. The third kappa shape index (κ3) is 3.44. The van der Waals surface area contributed by atoms with Gasteiger partial charge in [0.1, 0.15) is 6.33 Å². The molecule has 0 saturated heterocycles. The van der Waals surface area contributed by atoms with Crippen LogP contribution in [-0.2, 0) is 18.3 Å². The van der Waals surface area contributed by atoms with Gasteiger partial charge in [-0.15, -0.1) is 0 Å². The summed E-state index contributed by atoms with van der Waals surface area (Å²) in [6.45, 7) is 11.4. The Morgan fingerprint density at radius 2 is 1.61 bits per heavy atom. The van der Waals surface area contributed by atoms with Crippen molar-refractivity contribution in [3.05, 3.63) is 83.2 Å². The average molecular weight is 407 g/mol. The van der Waals surface area contributed by atoms with Gasteiger partial charge in [-0.3, -0.25) is 0 Å². The summed E-state index contributed by atoms with van der Waals surface area (Å²) in [5.41, 5.74) is 10.2. The van der Waals surface area contributed by atoms with Gasteiger partial charge in [0.25, 0.3) is 0 Å². The first-order chi connectivity index (χ1) is 14.8. The molecule has 0 N–H and O–H groups in total. The van der Waals surface area contributed by atoms with Gasteiger partial charge in [-0.05, 0) is 63.8 Å². The van der Waals surface area contributed by atoms with E-state index in [-0.39, 0.29) is 5.41 Å². The number of aromatic nitrogens is 2. The van der Waals surface area contributed by atoms with Gasteiger partial charge >= 0.3 is 0 Å². The van der Waals surface area contributed by atoms with Crippen LogP contribution in [0.1, 0.15) is 62.8 Å². The molecular weight excluding hydrogens is 376 g/mol. The van der Waals surface area contributed by atoms with E-state index in [9.17, 15) is 0 Å². The molecule has 0 bridgehead atoms. The Labute approximate surface area is 185 Å². The minimum absolute atomic E-state index is 0.0581. The van der Waals surface area contributed by atoms with E-state index < -0.39 is 0 Å². The van der Waals surface area contributed by atoms with Crippen molar-refractivity contribution >= 4 is 10.8 Å². The van der Waals surface area contributed by atoms with Crippen LogP contribution in [0.25, 0.3) is 33.3 Å². The first kappa shape index (κ1) is 19.9. The molecule has 1 aliphatic carbocycles. The molecule has 156 valence electrons. The molecule has 31 heavy (non-hydrogen) atoms. The molecule has 0 spiro atoms. The summed E-state index contributed by atoms with van der Waals surface area (Å²) in [5.74, 6) is 0.543. The average Bonchev–Trinajstić information content (AvgIpc) is 2.76. The van der Waals surface area contributed by atoms with E-state index in [1.807, 2.05) is 0 Å². The van der Waals surface area contributed by atoms with Crippen LogP contribution in [0.2, 0.25) is 0 Å². The molecule has 5 rings (SSSR count). The number of benzene rings is 3. The molecule has 0 unspecified atom stereocenters. The highest BCUT2D eigenvalue weighted by atomic mass is 14.8. The Morgan fingerprint density at radius 3 is 2.39 bits per heavy atom. The van der Waals surface area contributed by atoms with Crippen LogP contribution in [0.5, 0.6) is 0 Å². The van der Waals surface area contributed by atoms with Gasteiger partial charge in [-0.1, -0.05) is 77.1 Å². The maximum absolute atomic E-state index is 4.80. The number of hydrogen-bond donors (Lipinski definition) is 0. The van der Waals surface area contributed by atoms with E-state index in [1.165, 1.54) is 44.2 Å². The van der Waals surface area contributed by atoms with Crippen molar-refractivity contribution in [1.29, 1.82) is 0 Å². The van der Waals surface area contributed by atoms with Crippen molar-refractivity contribution in [3.8, 4) is 22.5 Å². The molecule has 0 atom stereocenters. The molecule has 2 nitrogen and oxygen atoms in total. The van der Waals surface area contributed by atoms with Crippen LogP contribution in [0.3, 0.4) is 0 Å². The van der Waals surface area contributed by atoms with E-state index in [1.54, 1.807) is 6.33 Å². The summed E-state index contributed by atoms with van der Waals surface area (Å²) in [5, 5.41) is 2.60. The molecule has 0 fully saturated rings.